The number of nitrogen functional groups attached to an aromatic ring is 1. The van der Waals surface area contributed by atoms with Crippen LogP contribution in [0.15, 0.2) is 24.0 Å². The number of hydrogen-bond acceptors (Lipinski definition) is 9. The van der Waals surface area contributed by atoms with E-state index in [1.165, 1.54) is 0 Å². The molecule has 1 saturated heterocycles. The van der Waals surface area contributed by atoms with Crippen LogP contribution in [0.1, 0.15) is 0 Å². The highest BCUT2D eigenvalue weighted by Gasteiger charge is 2.23. The molecule has 5 rings (SSSR count). The number of rotatable bonds is 2. The summed E-state index contributed by atoms with van der Waals surface area (Å²) in [6.07, 6.45) is 3.34. The molecule has 1 fully saturated rings. The van der Waals surface area contributed by atoms with Crippen molar-refractivity contribution in [2.45, 2.75) is 0 Å². The summed E-state index contributed by atoms with van der Waals surface area (Å²) in [6.45, 7) is 3.29. The maximum Gasteiger partial charge on any atom is 0.229 e. The fourth-order valence-corrected chi connectivity index (χ4v) is 4.05. The van der Waals surface area contributed by atoms with E-state index in [4.69, 9.17) is 5.73 Å². The molecule has 26 heavy (non-hydrogen) atoms. The molecule has 0 unspecified atom stereocenters. The zero-order chi connectivity index (χ0) is 17.7. The largest absolute Gasteiger partial charge is 0.383 e. The van der Waals surface area contributed by atoms with Gasteiger partial charge >= 0.3 is 0 Å². The van der Waals surface area contributed by atoms with Gasteiger partial charge < -0.3 is 15.5 Å². The minimum atomic E-state index is 0.469. The van der Waals surface area contributed by atoms with E-state index in [0.29, 0.717) is 11.8 Å². The van der Waals surface area contributed by atoms with Crippen molar-refractivity contribution in [2.75, 3.05) is 41.7 Å². The normalized spacial score (nSPS) is 15.3. The average Bonchev–Trinajstić information content (AvgIpc) is 3.29. The highest BCUT2D eigenvalue weighted by Crippen LogP contribution is 2.28. The van der Waals surface area contributed by atoms with Gasteiger partial charge in [-0.1, -0.05) is 0 Å². The van der Waals surface area contributed by atoms with Crippen molar-refractivity contribution in [2.24, 2.45) is 7.05 Å². The molecule has 10 heteroatoms. The van der Waals surface area contributed by atoms with E-state index >= 15 is 0 Å². The van der Waals surface area contributed by atoms with Crippen LogP contribution in [0.4, 0.5) is 17.6 Å². The highest BCUT2D eigenvalue weighted by molar-refractivity contribution is 7.16. The van der Waals surface area contributed by atoms with E-state index < -0.39 is 0 Å². The van der Waals surface area contributed by atoms with Crippen LogP contribution >= 0.6 is 11.3 Å². The summed E-state index contributed by atoms with van der Waals surface area (Å²) in [5.74, 6) is 2.12. The highest BCUT2D eigenvalue weighted by atomic mass is 32.1. The van der Waals surface area contributed by atoms with Crippen molar-refractivity contribution in [3.05, 3.63) is 24.0 Å². The van der Waals surface area contributed by atoms with Gasteiger partial charge in [0.1, 0.15) is 22.8 Å². The van der Waals surface area contributed by atoms with Crippen molar-refractivity contribution >= 4 is 50.2 Å². The minimum Gasteiger partial charge on any atom is -0.383 e. The van der Waals surface area contributed by atoms with Gasteiger partial charge in [0, 0.05) is 33.2 Å². The molecule has 1 aliphatic rings. The first kappa shape index (κ1) is 15.3. The second-order valence-corrected chi connectivity index (χ2v) is 7.12. The van der Waals surface area contributed by atoms with Gasteiger partial charge in [-0.3, -0.25) is 4.68 Å². The number of fused-ring (bicyclic) bond motifs is 2. The second kappa shape index (κ2) is 5.77. The molecule has 2 N–H and O–H groups in total. The fraction of sp³-hybridized carbons (Fsp3) is 0.312. The number of thiophene rings is 1. The van der Waals surface area contributed by atoms with Gasteiger partial charge in [0.05, 0.1) is 17.0 Å². The van der Waals surface area contributed by atoms with Crippen LogP contribution in [0.3, 0.4) is 0 Å². The smallest absolute Gasteiger partial charge is 0.229 e. The Balaban J connectivity index is 1.40. The molecule has 0 aliphatic carbocycles. The third-order valence-corrected chi connectivity index (χ3v) is 5.53. The Morgan fingerprint density at radius 2 is 1.85 bits per heavy atom. The van der Waals surface area contributed by atoms with Crippen LogP contribution in [0, 0.1) is 0 Å². The Bertz CT molecular complexity index is 1090. The molecule has 0 bridgehead atoms. The number of nitrogens with two attached hydrogens (primary N) is 1. The van der Waals surface area contributed by atoms with E-state index in [2.05, 4.69) is 46.3 Å². The quantitative estimate of drug-likeness (QED) is 0.565. The molecule has 0 spiro atoms. The predicted molar refractivity (Wildman–Crippen MR) is 103 cm³/mol. The Hall–Kier alpha value is -3.01. The van der Waals surface area contributed by atoms with Crippen LogP contribution in [-0.2, 0) is 7.05 Å². The van der Waals surface area contributed by atoms with Gasteiger partial charge in [0.2, 0.25) is 5.95 Å². The van der Waals surface area contributed by atoms with Crippen LogP contribution in [0.5, 0.6) is 0 Å². The summed E-state index contributed by atoms with van der Waals surface area (Å²) >= 11 is 1.64. The lowest BCUT2D eigenvalue weighted by atomic mass is 10.3. The van der Waals surface area contributed by atoms with Crippen LogP contribution in [0.25, 0.3) is 21.3 Å². The Kier molecular flexibility index (Phi) is 3.38. The molecule has 4 aromatic heterocycles. The van der Waals surface area contributed by atoms with Gasteiger partial charge in [0.15, 0.2) is 5.65 Å². The van der Waals surface area contributed by atoms with Crippen LogP contribution in [0.2, 0.25) is 0 Å². The lowest BCUT2D eigenvalue weighted by Crippen LogP contribution is -2.47. The van der Waals surface area contributed by atoms with Gasteiger partial charge in [-0.05, 0) is 11.4 Å². The number of aryl methyl sites for hydroxylation is 1. The third kappa shape index (κ3) is 2.33. The molecule has 4 aromatic rings. The molecule has 5 heterocycles. The summed E-state index contributed by atoms with van der Waals surface area (Å²) in [4.78, 5) is 23.4. The topological polar surface area (TPSA) is 102 Å². The van der Waals surface area contributed by atoms with Crippen LogP contribution < -0.4 is 15.5 Å². The first-order chi connectivity index (χ1) is 12.7. The van der Waals surface area contributed by atoms with Crippen molar-refractivity contribution in [1.29, 1.82) is 0 Å². The number of anilines is 3. The molecule has 0 atom stereocenters. The summed E-state index contributed by atoms with van der Waals surface area (Å²) in [5.41, 5.74) is 6.84. The zero-order valence-corrected chi connectivity index (χ0v) is 15.0. The van der Waals surface area contributed by atoms with E-state index in [1.54, 1.807) is 28.5 Å². The molecular formula is C16H17N9S. The SMILES string of the molecule is Cn1ncc2c(N)nc(N3CCN(c4ncnc5sccc45)CC3)nc21. The lowest BCUT2D eigenvalue weighted by molar-refractivity contribution is 0.636. The van der Waals surface area contributed by atoms with Gasteiger partial charge in [-0.25, -0.2) is 9.97 Å². The summed E-state index contributed by atoms with van der Waals surface area (Å²) in [5, 5.41) is 8.17. The fourth-order valence-electron chi connectivity index (χ4n) is 3.32. The minimum absolute atomic E-state index is 0.469. The Labute approximate surface area is 153 Å². The van der Waals surface area contributed by atoms with Crippen molar-refractivity contribution in [1.82, 2.24) is 29.7 Å². The van der Waals surface area contributed by atoms with Crippen molar-refractivity contribution in [3.8, 4) is 0 Å². The molecule has 0 amide bonds. The monoisotopic (exact) mass is 367 g/mol. The Morgan fingerprint density at radius 3 is 2.69 bits per heavy atom. The summed E-state index contributed by atoms with van der Waals surface area (Å²) in [6, 6.07) is 2.09. The molecular weight excluding hydrogens is 350 g/mol. The number of aromatic nitrogens is 6. The summed E-state index contributed by atoms with van der Waals surface area (Å²) in [7, 11) is 1.86. The average molecular weight is 367 g/mol. The van der Waals surface area contributed by atoms with Gasteiger partial charge in [-0.2, -0.15) is 15.1 Å². The lowest BCUT2D eigenvalue weighted by Gasteiger charge is -2.35. The second-order valence-electron chi connectivity index (χ2n) is 6.23. The number of piperazine rings is 1. The number of hydrogen-bond donors (Lipinski definition) is 1. The van der Waals surface area contributed by atoms with E-state index in [1.807, 2.05) is 7.05 Å². The predicted octanol–water partition coefficient (Wildman–Crippen LogP) is 1.28. The molecule has 9 nitrogen and oxygen atoms in total. The Morgan fingerprint density at radius 1 is 1.04 bits per heavy atom. The van der Waals surface area contributed by atoms with Gasteiger partial charge in [0.25, 0.3) is 0 Å². The standard InChI is InChI=1S/C16H17N9S/c1-23-14-11(8-20-23)12(17)21-16(22-14)25-5-3-24(4-6-25)13-10-2-7-26-15(10)19-9-18-13/h2,7-9H,3-6H2,1H3,(H2,17,21,22). The van der Waals surface area contributed by atoms with Crippen molar-refractivity contribution < 1.29 is 0 Å². The first-order valence-corrected chi connectivity index (χ1v) is 9.22. The zero-order valence-electron chi connectivity index (χ0n) is 14.2. The maximum atomic E-state index is 6.09. The van der Waals surface area contributed by atoms with E-state index in [-0.39, 0.29) is 0 Å². The molecule has 0 radical (unpaired) electrons. The van der Waals surface area contributed by atoms with Crippen LogP contribution in [-0.4, -0.2) is 55.9 Å². The summed E-state index contributed by atoms with van der Waals surface area (Å²) < 4.78 is 1.72. The van der Waals surface area contributed by atoms with E-state index in [0.717, 1.165) is 53.2 Å². The first-order valence-electron chi connectivity index (χ1n) is 8.34. The van der Waals surface area contributed by atoms with Gasteiger partial charge in [-0.15, -0.1) is 11.3 Å². The molecule has 0 aromatic carbocycles. The number of nitrogens with zero attached hydrogens (tertiary/aromatic N) is 8. The molecule has 1 aliphatic heterocycles. The maximum absolute atomic E-state index is 6.09. The van der Waals surface area contributed by atoms with Crippen molar-refractivity contribution in [3.63, 3.8) is 0 Å². The third-order valence-electron chi connectivity index (χ3n) is 4.71. The molecule has 132 valence electrons. The molecule has 0 saturated carbocycles. The van der Waals surface area contributed by atoms with E-state index in [9.17, 15) is 0 Å².